The van der Waals surface area contributed by atoms with E-state index in [2.05, 4.69) is 6.92 Å². The van der Waals surface area contributed by atoms with Gasteiger partial charge in [-0.15, -0.1) is 0 Å². The van der Waals surface area contributed by atoms with E-state index in [1.807, 2.05) is 65.6 Å². The van der Waals surface area contributed by atoms with Gasteiger partial charge in [0, 0.05) is 12.2 Å². The molecule has 0 fully saturated rings. The smallest absolute Gasteiger partial charge is 0.267 e. The first-order valence-corrected chi connectivity index (χ1v) is 7.80. The van der Waals surface area contributed by atoms with Gasteiger partial charge >= 0.3 is 0 Å². The summed E-state index contributed by atoms with van der Waals surface area (Å²) in [7, 11) is 0. The van der Waals surface area contributed by atoms with Crippen LogP contribution in [0.2, 0.25) is 0 Å². The minimum absolute atomic E-state index is 0.0106. The highest BCUT2D eigenvalue weighted by molar-refractivity contribution is 5.96. The standard InChI is InChI=1S/C19H23NO2/c1-3-4-15-20(17-11-7-5-8-12-17)19(21)16(2)22-18-13-9-6-10-14-18/h5-14,16H,3-4,15H2,1-2H3. The van der Waals surface area contributed by atoms with Crippen LogP contribution in [0.3, 0.4) is 0 Å². The van der Waals surface area contributed by atoms with Crippen molar-refractivity contribution in [1.29, 1.82) is 0 Å². The van der Waals surface area contributed by atoms with Gasteiger partial charge in [-0.2, -0.15) is 0 Å². The molecule has 0 aromatic heterocycles. The molecule has 22 heavy (non-hydrogen) atoms. The van der Waals surface area contributed by atoms with Gasteiger partial charge in [-0.1, -0.05) is 49.7 Å². The van der Waals surface area contributed by atoms with Gasteiger partial charge in [0.1, 0.15) is 5.75 Å². The molecular weight excluding hydrogens is 274 g/mol. The van der Waals surface area contributed by atoms with Crippen molar-refractivity contribution in [3.63, 3.8) is 0 Å². The van der Waals surface area contributed by atoms with Crippen LogP contribution in [-0.2, 0) is 4.79 Å². The minimum atomic E-state index is -0.514. The fourth-order valence-corrected chi connectivity index (χ4v) is 2.26. The highest BCUT2D eigenvalue weighted by atomic mass is 16.5. The van der Waals surface area contributed by atoms with Gasteiger partial charge in [-0.05, 0) is 37.6 Å². The molecule has 0 aliphatic carbocycles. The number of ether oxygens (including phenoxy) is 1. The second-order valence-electron chi connectivity index (χ2n) is 5.25. The topological polar surface area (TPSA) is 29.5 Å². The van der Waals surface area contributed by atoms with Gasteiger partial charge in [0.05, 0.1) is 0 Å². The van der Waals surface area contributed by atoms with E-state index < -0.39 is 6.10 Å². The molecule has 0 radical (unpaired) electrons. The van der Waals surface area contributed by atoms with E-state index in [1.54, 1.807) is 6.92 Å². The Labute approximate surface area is 132 Å². The lowest BCUT2D eigenvalue weighted by molar-refractivity contribution is -0.124. The number of benzene rings is 2. The Morgan fingerprint density at radius 1 is 1.05 bits per heavy atom. The number of para-hydroxylation sites is 2. The van der Waals surface area contributed by atoms with Gasteiger partial charge in [0.15, 0.2) is 6.10 Å². The number of carbonyl (C=O) groups excluding carboxylic acids is 1. The highest BCUT2D eigenvalue weighted by Crippen LogP contribution is 2.18. The van der Waals surface area contributed by atoms with Gasteiger partial charge in [0.2, 0.25) is 0 Å². The normalized spacial score (nSPS) is 11.7. The number of rotatable bonds is 7. The second-order valence-corrected chi connectivity index (χ2v) is 5.25. The molecule has 0 aliphatic heterocycles. The zero-order chi connectivity index (χ0) is 15.8. The number of anilines is 1. The van der Waals surface area contributed by atoms with E-state index in [0.717, 1.165) is 18.5 Å². The minimum Gasteiger partial charge on any atom is -0.481 e. The lowest BCUT2D eigenvalue weighted by atomic mass is 10.2. The van der Waals surface area contributed by atoms with E-state index in [-0.39, 0.29) is 5.91 Å². The Morgan fingerprint density at radius 3 is 2.23 bits per heavy atom. The molecule has 2 aromatic rings. The Morgan fingerprint density at radius 2 is 1.64 bits per heavy atom. The molecule has 1 unspecified atom stereocenters. The Hall–Kier alpha value is -2.29. The molecule has 3 nitrogen and oxygen atoms in total. The molecule has 0 spiro atoms. The van der Waals surface area contributed by atoms with Gasteiger partial charge in [-0.3, -0.25) is 4.79 Å². The summed E-state index contributed by atoms with van der Waals surface area (Å²) >= 11 is 0. The molecule has 0 heterocycles. The molecule has 0 N–H and O–H groups in total. The van der Waals surface area contributed by atoms with Crippen LogP contribution in [0.15, 0.2) is 60.7 Å². The van der Waals surface area contributed by atoms with Gasteiger partial charge in [0.25, 0.3) is 5.91 Å². The highest BCUT2D eigenvalue weighted by Gasteiger charge is 2.22. The Balaban J connectivity index is 2.11. The van der Waals surface area contributed by atoms with Crippen molar-refractivity contribution in [1.82, 2.24) is 0 Å². The zero-order valence-corrected chi connectivity index (χ0v) is 13.2. The van der Waals surface area contributed by atoms with Crippen molar-refractivity contribution < 1.29 is 9.53 Å². The van der Waals surface area contributed by atoms with Crippen LogP contribution >= 0.6 is 0 Å². The molecule has 1 atom stereocenters. The molecule has 0 saturated heterocycles. The van der Waals surface area contributed by atoms with Crippen molar-refractivity contribution >= 4 is 11.6 Å². The second kappa shape index (κ2) is 8.23. The maximum atomic E-state index is 12.8. The summed E-state index contributed by atoms with van der Waals surface area (Å²) in [6.45, 7) is 4.64. The molecule has 116 valence electrons. The first-order valence-electron chi connectivity index (χ1n) is 7.80. The predicted molar refractivity (Wildman–Crippen MR) is 90.2 cm³/mol. The molecule has 0 bridgehead atoms. The third-order valence-electron chi connectivity index (χ3n) is 3.47. The SMILES string of the molecule is CCCCN(C(=O)C(C)Oc1ccccc1)c1ccccc1. The van der Waals surface area contributed by atoms with Gasteiger partial charge in [-0.25, -0.2) is 0 Å². The van der Waals surface area contributed by atoms with E-state index in [1.165, 1.54) is 0 Å². The monoisotopic (exact) mass is 297 g/mol. The Kier molecular flexibility index (Phi) is 6.01. The maximum Gasteiger partial charge on any atom is 0.267 e. The molecule has 0 aliphatic rings. The summed E-state index contributed by atoms with van der Waals surface area (Å²) < 4.78 is 5.77. The van der Waals surface area contributed by atoms with Gasteiger partial charge < -0.3 is 9.64 Å². The van der Waals surface area contributed by atoms with Crippen molar-refractivity contribution in [3.8, 4) is 5.75 Å². The number of amides is 1. The number of carbonyl (C=O) groups is 1. The van der Waals surface area contributed by atoms with Crippen LogP contribution in [0, 0.1) is 0 Å². The van der Waals surface area contributed by atoms with Crippen molar-refractivity contribution in [2.75, 3.05) is 11.4 Å². The largest absolute Gasteiger partial charge is 0.481 e. The van der Waals surface area contributed by atoms with E-state index >= 15 is 0 Å². The quantitative estimate of drug-likeness (QED) is 0.763. The van der Waals surface area contributed by atoms with Crippen molar-refractivity contribution in [3.05, 3.63) is 60.7 Å². The lowest BCUT2D eigenvalue weighted by Gasteiger charge is -2.26. The average molecular weight is 297 g/mol. The fraction of sp³-hybridized carbons (Fsp3) is 0.316. The molecular formula is C19H23NO2. The van der Waals surface area contributed by atoms with Crippen LogP contribution in [0.4, 0.5) is 5.69 Å². The zero-order valence-electron chi connectivity index (χ0n) is 13.2. The molecule has 3 heteroatoms. The van der Waals surface area contributed by atoms with Crippen molar-refractivity contribution in [2.45, 2.75) is 32.8 Å². The van der Waals surface area contributed by atoms with Crippen LogP contribution in [0.1, 0.15) is 26.7 Å². The Bertz CT molecular complexity index is 569. The third-order valence-corrected chi connectivity index (χ3v) is 3.47. The maximum absolute atomic E-state index is 12.8. The van der Waals surface area contributed by atoms with Crippen LogP contribution in [0.5, 0.6) is 5.75 Å². The fourth-order valence-electron chi connectivity index (χ4n) is 2.26. The summed E-state index contributed by atoms with van der Waals surface area (Å²) in [6.07, 6.45) is 1.50. The summed E-state index contributed by atoms with van der Waals surface area (Å²) in [5.74, 6) is 0.704. The molecule has 0 saturated carbocycles. The van der Waals surface area contributed by atoms with Crippen molar-refractivity contribution in [2.24, 2.45) is 0 Å². The number of nitrogens with zero attached hydrogens (tertiary/aromatic N) is 1. The molecule has 2 rings (SSSR count). The summed E-state index contributed by atoms with van der Waals surface area (Å²) in [6, 6.07) is 19.2. The number of hydrogen-bond acceptors (Lipinski definition) is 2. The van der Waals surface area contributed by atoms with E-state index in [0.29, 0.717) is 12.3 Å². The summed E-state index contributed by atoms with van der Waals surface area (Å²) in [4.78, 5) is 14.6. The number of hydrogen-bond donors (Lipinski definition) is 0. The van der Waals surface area contributed by atoms with Crippen LogP contribution < -0.4 is 9.64 Å². The van der Waals surface area contributed by atoms with Crippen LogP contribution in [-0.4, -0.2) is 18.6 Å². The van der Waals surface area contributed by atoms with Crippen LogP contribution in [0.25, 0.3) is 0 Å². The lowest BCUT2D eigenvalue weighted by Crippen LogP contribution is -2.41. The van der Waals surface area contributed by atoms with E-state index in [9.17, 15) is 4.79 Å². The first-order chi connectivity index (χ1) is 10.7. The third kappa shape index (κ3) is 4.35. The summed E-state index contributed by atoms with van der Waals surface area (Å²) in [5.41, 5.74) is 0.921. The molecule has 1 amide bonds. The predicted octanol–water partition coefficient (Wildman–Crippen LogP) is 4.29. The number of unbranched alkanes of at least 4 members (excludes halogenated alkanes) is 1. The van der Waals surface area contributed by atoms with E-state index in [4.69, 9.17) is 4.74 Å². The first kappa shape index (κ1) is 16.1. The average Bonchev–Trinajstić information content (AvgIpc) is 2.57. The summed E-state index contributed by atoms with van der Waals surface area (Å²) in [5, 5.41) is 0. The molecule has 2 aromatic carbocycles.